The van der Waals surface area contributed by atoms with Gasteiger partial charge in [-0.05, 0) is 43.5 Å². The summed E-state index contributed by atoms with van der Waals surface area (Å²) in [5.41, 5.74) is 6.51. The van der Waals surface area contributed by atoms with E-state index in [0.717, 1.165) is 28.2 Å². The number of nitrogens with one attached hydrogen (secondary N) is 1. The number of anilines is 1. The molecular formula is C25H25N5OS2. The lowest BCUT2D eigenvalue weighted by molar-refractivity contribution is -0.113. The van der Waals surface area contributed by atoms with E-state index in [1.807, 2.05) is 41.1 Å². The molecule has 4 rings (SSSR count). The summed E-state index contributed by atoms with van der Waals surface area (Å²) in [4.78, 5) is 17.2. The van der Waals surface area contributed by atoms with E-state index >= 15 is 0 Å². The van der Waals surface area contributed by atoms with Gasteiger partial charge in [-0.15, -0.1) is 28.1 Å². The Morgan fingerprint density at radius 1 is 1.12 bits per heavy atom. The third kappa shape index (κ3) is 5.23. The lowest BCUT2D eigenvalue weighted by Crippen LogP contribution is -2.14. The first kappa shape index (κ1) is 22.9. The van der Waals surface area contributed by atoms with E-state index in [4.69, 9.17) is 0 Å². The number of benzene rings is 2. The molecule has 33 heavy (non-hydrogen) atoms. The molecule has 0 aliphatic heterocycles. The van der Waals surface area contributed by atoms with E-state index < -0.39 is 0 Å². The van der Waals surface area contributed by atoms with Crippen LogP contribution in [0.2, 0.25) is 0 Å². The Kier molecular flexibility index (Phi) is 7.05. The molecule has 0 aliphatic carbocycles. The van der Waals surface area contributed by atoms with Gasteiger partial charge in [-0.25, -0.2) is 4.98 Å². The SMILES string of the molecule is C=CCn1c(SCC(=O)Nc2nc(-c3ccc(C)c(C)c3)cs2)nnc1-c1ccccc1C. The molecule has 0 atom stereocenters. The minimum Gasteiger partial charge on any atom is -0.301 e. The summed E-state index contributed by atoms with van der Waals surface area (Å²) in [5, 5.41) is 14.8. The number of amides is 1. The van der Waals surface area contributed by atoms with Gasteiger partial charge >= 0.3 is 0 Å². The Hall–Kier alpha value is -3.23. The fourth-order valence-electron chi connectivity index (χ4n) is 3.36. The van der Waals surface area contributed by atoms with Crippen molar-refractivity contribution in [3.8, 4) is 22.6 Å². The van der Waals surface area contributed by atoms with E-state index in [-0.39, 0.29) is 11.7 Å². The van der Waals surface area contributed by atoms with Gasteiger partial charge in [-0.2, -0.15) is 0 Å². The Bertz CT molecular complexity index is 1310. The predicted molar refractivity (Wildman–Crippen MR) is 137 cm³/mol. The van der Waals surface area contributed by atoms with Crippen molar-refractivity contribution >= 4 is 34.1 Å². The predicted octanol–water partition coefficient (Wildman–Crippen LogP) is 5.91. The van der Waals surface area contributed by atoms with Crippen molar-refractivity contribution in [2.75, 3.05) is 11.1 Å². The van der Waals surface area contributed by atoms with E-state index in [1.54, 1.807) is 6.08 Å². The van der Waals surface area contributed by atoms with Gasteiger partial charge < -0.3 is 5.32 Å². The van der Waals surface area contributed by atoms with Crippen LogP contribution in [-0.4, -0.2) is 31.4 Å². The molecule has 0 fully saturated rings. The van der Waals surface area contributed by atoms with Crippen molar-refractivity contribution in [1.82, 2.24) is 19.7 Å². The summed E-state index contributed by atoms with van der Waals surface area (Å²) in [6.07, 6.45) is 1.80. The highest BCUT2D eigenvalue weighted by molar-refractivity contribution is 7.99. The number of thioether (sulfide) groups is 1. The van der Waals surface area contributed by atoms with Gasteiger partial charge in [0.2, 0.25) is 5.91 Å². The number of thiazole rings is 1. The molecule has 0 saturated heterocycles. The van der Waals surface area contributed by atoms with Crippen LogP contribution in [0.25, 0.3) is 22.6 Å². The van der Waals surface area contributed by atoms with Crippen molar-refractivity contribution in [1.29, 1.82) is 0 Å². The Labute approximate surface area is 201 Å². The lowest BCUT2D eigenvalue weighted by Gasteiger charge is -2.09. The molecule has 0 radical (unpaired) electrons. The monoisotopic (exact) mass is 475 g/mol. The molecule has 4 aromatic rings. The zero-order valence-corrected chi connectivity index (χ0v) is 20.5. The minimum atomic E-state index is -0.133. The van der Waals surface area contributed by atoms with Crippen LogP contribution in [0.5, 0.6) is 0 Å². The number of allylic oxidation sites excluding steroid dienone is 1. The number of aryl methyl sites for hydroxylation is 3. The second kappa shape index (κ2) is 10.1. The molecule has 2 heterocycles. The maximum atomic E-state index is 12.6. The quantitative estimate of drug-likeness (QED) is 0.253. The highest BCUT2D eigenvalue weighted by atomic mass is 32.2. The van der Waals surface area contributed by atoms with Crippen LogP contribution in [0.3, 0.4) is 0 Å². The average Bonchev–Trinajstić information content (AvgIpc) is 3.42. The summed E-state index contributed by atoms with van der Waals surface area (Å²) in [7, 11) is 0. The zero-order chi connectivity index (χ0) is 23.4. The summed E-state index contributed by atoms with van der Waals surface area (Å²) in [6, 6.07) is 14.3. The minimum absolute atomic E-state index is 0.133. The highest BCUT2D eigenvalue weighted by Gasteiger charge is 2.17. The van der Waals surface area contributed by atoms with Crippen molar-refractivity contribution in [3.63, 3.8) is 0 Å². The number of hydrogen-bond donors (Lipinski definition) is 1. The molecule has 6 nitrogen and oxygen atoms in total. The summed E-state index contributed by atoms with van der Waals surface area (Å²) < 4.78 is 1.98. The molecule has 2 aromatic carbocycles. The van der Waals surface area contributed by atoms with Crippen molar-refractivity contribution in [2.45, 2.75) is 32.5 Å². The zero-order valence-electron chi connectivity index (χ0n) is 18.8. The van der Waals surface area contributed by atoms with Gasteiger partial charge in [0.25, 0.3) is 0 Å². The molecule has 2 aromatic heterocycles. The molecular weight excluding hydrogens is 450 g/mol. The van der Waals surface area contributed by atoms with E-state index in [0.29, 0.717) is 16.8 Å². The van der Waals surface area contributed by atoms with Gasteiger partial charge in [0, 0.05) is 23.1 Å². The molecule has 168 valence electrons. The number of rotatable bonds is 8. The third-order valence-electron chi connectivity index (χ3n) is 5.30. The number of carbonyl (C=O) groups excluding carboxylic acids is 1. The average molecular weight is 476 g/mol. The van der Waals surface area contributed by atoms with Gasteiger partial charge in [-0.1, -0.05) is 54.2 Å². The standard InChI is InChI=1S/C25H25N5OS2/c1-5-12-30-23(20-9-7-6-8-17(20)3)28-29-25(30)33-15-22(31)27-24-26-21(14-32-24)19-11-10-16(2)18(4)13-19/h5-11,13-14H,1,12,15H2,2-4H3,(H,26,27,31). The fourth-order valence-corrected chi connectivity index (χ4v) is 4.85. The summed E-state index contributed by atoms with van der Waals surface area (Å²) >= 11 is 2.77. The van der Waals surface area contributed by atoms with Gasteiger partial charge in [0.05, 0.1) is 11.4 Å². The van der Waals surface area contributed by atoms with E-state index in [1.165, 1.54) is 34.2 Å². The maximum Gasteiger partial charge on any atom is 0.236 e. The van der Waals surface area contributed by atoms with Crippen LogP contribution in [0.4, 0.5) is 5.13 Å². The number of hydrogen-bond acceptors (Lipinski definition) is 6. The molecule has 1 N–H and O–H groups in total. The third-order valence-corrected chi connectivity index (χ3v) is 7.02. The maximum absolute atomic E-state index is 12.6. The molecule has 0 bridgehead atoms. The number of carbonyl (C=O) groups is 1. The molecule has 0 aliphatic rings. The van der Waals surface area contributed by atoms with Gasteiger partial charge in [-0.3, -0.25) is 9.36 Å². The van der Waals surface area contributed by atoms with Crippen molar-refractivity contribution < 1.29 is 4.79 Å². The Balaban J connectivity index is 1.43. The van der Waals surface area contributed by atoms with Crippen molar-refractivity contribution in [3.05, 3.63) is 77.2 Å². The van der Waals surface area contributed by atoms with Crippen LogP contribution in [-0.2, 0) is 11.3 Å². The van der Waals surface area contributed by atoms with Gasteiger partial charge in [0.1, 0.15) is 0 Å². The smallest absolute Gasteiger partial charge is 0.236 e. The van der Waals surface area contributed by atoms with E-state index in [2.05, 4.69) is 59.1 Å². The van der Waals surface area contributed by atoms with Crippen LogP contribution in [0.15, 0.2) is 65.7 Å². The second-order valence-corrected chi connectivity index (χ2v) is 9.49. The van der Waals surface area contributed by atoms with Crippen LogP contribution < -0.4 is 5.32 Å². The Morgan fingerprint density at radius 3 is 2.70 bits per heavy atom. The lowest BCUT2D eigenvalue weighted by atomic mass is 10.1. The largest absolute Gasteiger partial charge is 0.301 e. The molecule has 0 spiro atoms. The topological polar surface area (TPSA) is 72.7 Å². The van der Waals surface area contributed by atoms with Crippen molar-refractivity contribution in [2.24, 2.45) is 0 Å². The first-order chi connectivity index (χ1) is 16.0. The number of aromatic nitrogens is 4. The molecule has 0 unspecified atom stereocenters. The second-order valence-electron chi connectivity index (χ2n) is 7.69. The highest BCUT2D eigenvalue weighted by Crippen LogP contribution is 2.28. The molecule has 1 amide bonds. The van der Waals surface area contributed by atoms with Crippen LogP contribution >= 0.6 is 23.1 Å². The Morgan fingerprint density at radius 2 is 1.94 bits per heavy atom. The molecule has 8 heteroatoms. The summed E-state index contributed by atoms with van der Waals surface area (Å²) in [5.74, 6) is 0.849. The van der Waals surface area contributed by atoms with Crippen LogP contribution in [0, 0.1) is 20.8 Å². The normalized spacial score (nSPS) is 10.9. The first-order valence-electron chi connectivity index (χ1n) is 10.5. The first-order valence-corrected chi connectivity index (χ1v) is 12.4. The fraction of sp³-hybridized carbons (Fsp3) is 0.200. The number of nitrogens with zero attached hydrogens (tertiary/aromatic N) is 4. The van der Waals surface area contributed by atoms with Gasteiger partial charge in [0.15, 0.2) is 16.1 Å². The summed E-state index contributed by atoms with van der Waals surface area (Å²) in [6.45, 7) is 10.6. The van der Waals surface area contributed by atoms with Crippen LogP contribution in [0.1, 0.15) is 16.7 Å². The molecule has 0 saturated carbocycles. The van der Waals surface area contributed by atoms with E-state index in [9.17, 15) is 4.79 Å².